The molecule has 0 N–H and O–H groups in total. The van der Waals surface area contributed by atoms with Crippen LogP contribution in [0.1, 0.15) is 43.2 Å². The fourth-order valence-electron chi connectivity index (χ4n) is 6.60. The largest absolute Gasteiger partial charge is 0.437 e. The lowest BCUT2D eigenvalue weighted by Gasteiger charge is -2.20. The molecule has 220 valence electrons. The standard InChI is InChI=1S/C40H34N4O/c1-23-9-7-10-24(2)34(23)32-22-20-30-29-11-8-12-31(37(29)45-39(30)43-32)38-42-33-21-15-26-14-13-25(3)41-35(26)36(33)44(38)28-18-16-27(17-19-28)40(4,5)6/h7-22H,1-6H3. The number of aryl methyl sites for hydroxylation is 3. The molecule has 4 heterocycles. The Labute approximate surface area is 262 Å². The van der Waals surface area contributed by atoms with Crippen LogP contribution < -0.4 is 0 Å². The summed E-state index contributed by atoms with van der Waals surface area (Å²) in [6, 6.07) is 34.1. The fraction of sp³-hybridized carbons (Fsp3) is 0.175. The van der Waals surface area contributed by atoms with Crippen molar-refractivity contribution in [2.45, 2.75) is 47.0 Å². The molecular formula is C40H34N4O. The van der Waals surface area contributed by atoms with Gasteiger partial charge >= 0.3 is 0 Å². The van der Waals surface area contributed by atoms with Crippen LogP contribution in [0.2, 0.25) is 0 Å². The zero-order chi connectivity index (χ0) is 31.0. The second kappa shape index (κ2) is 9.86. The third kappa shape index (κ3) is 4.33. The number of imidazole rings is 1. The van der Waals surface area contributed by atoms with Crippen LogP contribution in [0, 0.1) is 20.8 Å². The quantitative estimate of drug-likeness (QED) is 0.207. The lowest BCUT2D eigenvalue weighted by atomic mass is 9.87. The van der Waals surface area contributed by atoms with Gasteiger partial charge in [0, 0.05) is 33.1 Å². The maximum Gasteiger partial charge on any atom is 0.227 e. The van der Waals surface area contributed by atoms with E-state index in [1.54, 1.807) is 0 Å². The van der Waals surface area contributed by atoms with Crippen LogP contribution >= 0.6 is 0 Å². The monoisotopic (exact) mass is 586 g/mol. The summed E-state index contributed by atoms with van der Waals surface area (Å²) < 4.78 is 8.90. The summed E-state index contributed by atoms with van der Waals surface area (Å²) in [6.07, 6.45) is 0. The molecule has 5 heteroatoms. The number of aromatic nitrogens is 4. The molecule has 0 radical (unpaired) electrons. The Morgan fingerprint density at radius 2 is 1.40 bits per heavy atom. The summed E-state index contributed by atoms with van der Waals surface area (Å²) >= 11 is 0. The van der Waals surface area contributed by atoms with Gasteiger partial charge in [-0.3, -0.25) is 9.55 Å². The van der Waals surface area contributed by atoms with Crippen molar-refractivity contribution in [1.29, 1.82) is 0 Å². The number of furan rings is 1. The molecule has 8 aromatic rings. The van der Waals surface area contributed by atoms with Crippen LogP contribution in [0.25, 0.3) is 72.3 Å². The van der Waals surface area contributed by atoms with Crippen molar-refractivity contribution in [3.05, 3.63) is 119 Å². The highest BCUT2D eigenvalue weighted by Gasteiger charge is 2.23. The number of nitrogens with zero attached hydrogens (tertiary/aromatic N) is 4. The molecule has 0 atom stereocenters. The number of hydrogen-bond acceptors (Lipinski definition) is 4. The Morgan fingerprint density at radius 3 is 2.16 bits per heavy atom. The number of hydrogen-bond donors (Lipinski definition) is 0. The molecule has 45 heavy (non-hydrogen) atoms. The molecular weight excluding hydrogens is 552 g/mol. The van der Waals surface area contributed by atoms with Crippen LogP contribution in [-0.2, 0) is 5.41 Å². The van der Waals surface area contributed by atoms with Crippen LogP contribution in [0.4, 0.5) is 0 Å². The topological polar surface area (TPSA) is 56.7 Å². The van der Waals surface area contributed by atoms with Gasteiger partial charge in [0.2, 0.25) is 5.71 Å². The third-order valence-corrected chi connectivity index (χ3v) is 8.95. The van der Waals surface area contributed by atoms with E-state index in [4.69, 9.17) is 19.4 Å². The highest BCUT2D eigenvalue weighted by molar-refractivity contribution is 6.10. The minimum absolute atomic E-state index is 0.0479. The maximum absolute atomic E-state index is 6.66. The molecule has 0 aliphatic carbocycles. The van der Waals surface area contributed by atoms with E-state index in [0.717, 1.165) is 72.3 Å². The predicted molar refractivity (Wildman–Crippen MR) is 185 cm³/mol. The molecule has 0 fully saturated rings. The SMILES string of the molecule is Cc1ccc2ccc3nc(-c4cccc5c4oc4nc(-c6c(C)cccc6C)ccc45)n(-c4ccc(C(C)(C)C)cc4)c3c2n1. The van der Waals surface area contributed by atoms with Gasteiger partial charge in [-0.05, 0) is 85.3 Å². The van der Waals surface area contributed by atoms with Gasteiger partial charge in [-0.1, -0.05) is 75.4 Å². The smallest absolute Gasteiger partial charge is 0.227 e. The van der Waals surface area contributed by atoms with Crippen LogP contribution in [0.5, 0.6) is 0 Å². The average Bonchev–Trinajstić information content (AvgIpc) is 3.59. The first-order valence-corrected chi connectivity index (χ1v) is 15.5. The lowest BCUT2D eigenvalue weighted by molar-refractivity contribution is 0.590. The van der Waals surface area contributed by atoms with Crippen molar-refractivity contribution >= 4 is 44.0 Å². The van der Waals surface area contributed by atoms with E-state index in [9.17, 15) is 0 Å². The van der Waals surface area contributed by atoms with Crippen LogP contribution in [0.15, 0.2) is 101 Å². The van der Waals surface area contributed by atoms with E-state index < -0.39 is 0 Å². The highest BCUT2D eigenvalue weighted by atomic mass is 16.3. The van der Waals surface area contributed by atoms with Crippen molar-refractivity contribution in [1.82, 2.24) is 19.5 Å². The Bertz CT molecular complexity index is 2420. The Morgan fingerprint density at radius 1 is 0.667 bits per heavy atom. The summed E-state index contributed by atoms with van der Waals surface area (Å²) in [7, 11) is 0. The number of pyridine rings is 2. The molecule has 0 saturated heterocycles. The lowest BCUT2D eigenvalue weighted by Crippen LogP contribution is -2.11. The molecule has 0 amide bonds. The van der Waals surface area contributed by atoms with Crippen molar-refractivity contribution in [3.63, 3.8) is 0 Å². The van der Waals surface area contributed by atoms with E-state index >= 15 is 0 Å². The van der Waals surface area contributed by atoms with Crippen LogP contribution in [-0.4, -0.2) is 19.5 Å². The van der Waals surface area contributed by atoms with Gasteiger partial charge in [0.15, 0.2) is 0 Å². The second-order valence-corrected chi connectivity index (χ2v) is 13.1. The van der Waals surface area contributed by atoms with Gasteiger partial charge in [-0.2, -0.15) is 0 Å². The Kier molecular flexibility index (Phi) is 5.98. The summed E-state index contributed by atoms with van der Waals surface area (Å²) in [5, 5.41) is 3.09. The molecule has 5 nitrogen and oxygen atoms in total. The first-order valence-electron chi connectivity index (χ1n) is 15.5. The molecule has 0 unspecified atom stereocenters. The van der Waals surface area contributed by atoms with Crippen molar-refractivity contribution < 1.29 is 4.42 Å². The van der Waals surface area contributed by atoms with Gasteiger partial charge in [0.1, 0.15) is 11.4 Å². The molecule has 0 bridgehead atoms. The van der Waals surface area contributed by atoms with Gasteiger partial charge in [-0.15, -0.1) is 0 Å². The Balaban J connectivity index is 1.41. The first kappa shape index (κ1) is 27.3. The minimum Gasteiger partial charge on any atom is -0.437 e. The zero-order valence-corrected chi connectivity index (χ0v) is 26.4. The zero-order valence-electron chi connectivity index (χ0n) is 26.4. The minimum atomic E-state index is 0.0479. The van der Waals surface area contributed by atoms with Crippen molar-refractivity contribution in [2.24, 2.45) is 0 Å². The van der Waals surface area contributed by atoms with E-state index in [-0.39, 0.29) is 5.41 Å². The van der Waals surface area contributed by atoms with E-state index in [2.05, 4.69) is 136 Å². The molecule has 4 aromatic carbocycles. The number of rotatable bonds is 3. The van der Waals surface area contributed by atoms with Crippen molar-refractivity contribution in [3.8, 4) is 28.3 Å². The van der Waals surface area contributed by atoms with E-state index in [1.165, 1.54) is 16.7 Å². The molecule has 0 aliphatic rings. The van der Waals surface area contributed by atoms with E-state index in [1.807, 2.05) is 6.92 Å². The summed E-state index contributed by atoms with van der Waals surface area (Å²) in [5.41, 5.74) is 12.9. The van der Waals surface area contributed by atoms with Crippen molar-refractivity contribution in [2.75, 3.05) is 0 Å². The summed E-state index contributed by atoms with van der Waals surface area (Å²) in [5.74, 6) is 0.809. The highest BCUT2D eigenvalue weighted by Crippen LogP contribution is 2.40. The normalized spacial score (nSPS) is 12.2. The van der Waals surface area contributed by atoms with Gasteiger partial charge in [-0.25, -0.2) is 9.97 Å². The number of fused-ring (bicyclic) bond motifs is 6. The second-order valence-electron chi connectivity index (χ2n) is 13.1. The van der Waals surface area contributed by atoms with Gasteiger partial charge in [0.05, 0.1) is 27.8 Å². The first-order chi connectivity index (χ1) is 21.7. The van der Waals surface area contributed by atoms with Gasteiger partial charge < -0.3 is 4.42 Å². The molecule has 4 aromatic heterocycles. The maximum atomic E-state index is 6.66. The van der Waals surface area contributed by atoms with E-state index in [0.29, 0.717) is 5.71 Å². The third-order valence-electron chi connectivity index (χ3n) is 8.95. The summed E-state index contributed by atoms with van der Waals surface area (Å²) in [6.45, 7) is 13.0. The average molecular weight is 587 g/mol. The Hall–Kier alpha value is -5.29. The molecule has 0 saturated carbocycles. The molecule has 0 spiro atoms. The van der Waals surface area contributed by atoms with Gasteiger partial charge in [0.25, 0.3) is 0 Å². The number of para-hydroxylation sites is 1. The fourth-order valence-corrected chi connectivity index (χ4v) is 6.60. The predicted octanol–water partition coefficient (Wildman–Crippen LogP) is 10.4. The number of benzene rings is 4. The molecule has 8 rings (SSSR count). The van der Waals surface area contributed by atoms with Crippen LogP contribution in [0.3, 0.4) is 0 Å². The molecule has 0 aliphatic heterocycles. The summed E-state index contributed by atoms with van der Waals surface area (Å²) in [4.78, 5) is 15.3.